The van der Waals surface area contributed by atoms with Crippen LogP contribution in [0.15, 0.2) is 71.4 Å². The van der Waals surface area contributed by atoms with E-state index in [1.165, 1.54) is 12.1 Å². The third kappa shape index (κ3) is 6.24. The average molecular weight is 656 g/mol. The number of hydrogen-bond acceptors (Lipinski definition) is 6. The Bertz CT molecular complexity index is 1980. The molecule has 0 bridgehead atoms. The van der Waals surface area contributed by atoms with Gasteiger partial charge in [0.05, 0.1) is 11.7 Å². The van der Waals surface area contributed by atoms with Crippen molar-refractivity contribution in [3.05, 3.63) is 106 Å². The van der Waals surface area contributed by atoms with Gasteiger partial charge in [-0.05, 0) is 109 Å². The summed E-state index contributed by atoms with van der Waals surface area (Å²) in [6, 6.07) is 15.2. The number of ketones is 1. The normalized spacial score (nSPS) is 17.5. The van der Waals surface area contributed by atoms with Crippen molar-refractivity contribution in [2.75, 3.05) is 7.05 Å². The van der Waals surface area contributed by atoms with Crippen LogP contribution >= 0.6 is 0 Å². The van der Waals surface area contributed by atoms with Gasteiger partial charge in [0.1, 0.15) is 23.0 Å². The first-order valence-corrected chi connectivity index (χ1v) is 16.0. The van der Waals surface area contributed by atoms with E-state index in [0.717, 1.165) is 34.2 Å². The summed E-state index contributed by atoms with van der Waals surface area (Å²) in [4.78, 5) is 36.2. The maximum absolute atomic E-state index is 14.1. The van der Waals surface area contributed by atoms with E-state index in [2.05, 4.69) is 22.2 Å². The number of halogens is 3. The molecule has 0 spiro atoms. The van der Waals surface area contributed by atoms with Crippen LogP contribution in [0, 0.1) is 19.7 Å². The highest BCUT2D eigenvalue weighted by atomic mass is 19.3. The average Bonchev–Trinajstić information content (AvgIpc) is 3.42. The lowest BCUT2D eigenvalue weighted by atomic mass is 9.62. The number of ether oxygens (including phenoxy) is 1. The topological polar surface area (TPSA) is 94.3 Å². The highest BCUT2D eigenvalue weighted by Crippen LogP contribution is 2.48. The van der Waals surface area contributed by atoms with Crippen molar-refractivity contribution in [2.24, 2.45) is 0 Å². The fourth-order valence-electron chi connectivity index (χ4n) is 6.94. The smallest absolute Gasteiger partial charge is 0.345 e. The molecule has 3 aromatic carbocycles. The Balaban J connectivity index is 1.45. The molecule has 5 aromatic rings. The maximum Gasteiger partial charge on any atom is 0.345 e. The Morgan fingerprint density at radius 2 is 1.73 bits per heavy atom. The summed E-state index contributed by atoms with van der Waals surface area (Å²) >= 11 is 0. The number of aryl methyl sites for hydroxylation is 3. The zero-order valence-corrected chi connectivity index (χ0v) is 27.2. The number of hydrogen-bond donors (Lipinski definition) is 1. The van der Waals surface area contributed by atoms with Gasteiger partial charge in [0, 0.05) is 47.8 Å². The summed E-state index contributed by atoms with van der Waals surface area (Å²) in [7, 11) is 1.54. The van der Waals surface area contributed by atoms with Gasteiger partial charge in [0.15, 0.2) is 5.78 Å². The van der Waals surface area contributed by atoms with Crippen molar-refractivity contribution in [3.63, 3.8) is 0 Å². The van der Waals surface area contributed by atoms with E-state index in [9.17, 15) is 22.8 Å². The second-order valence-electron chi connectivity index (χ2n) is 12.5. The molecule has 0 radical (unpaired) electrons. The minimum atomic E-state index is -2.90. The molecule has 0 atom stereocenters. The Morgan fingerprint density at radius 1 is 1.02 bits per heavy atom. The van der Waals surface area contributed by atoms with E-state index in [1.807, 2.05) is 38.1 Å². The molecule has 1 amide bonds. The molecule has 48 heavy (non-hydrogen) atoms. The Labute approximate surface area is 276 Å². The van der Waals surface area contributed by atoms with Crippen LogP contribution in [0.3, 0.4) is 0 Å². The van der Waals surface area contributed by atoms with Gasteiger partial charge >= 0.3 is 6.61 Å². The number of Topliss-reactive ketones (excluding diaryl/α,β-unsaturated/α-hetero) is 1. The molecule has 0 aliphatic heterocycles. The number of aromatic nitrogens is 2. The molecule has 1 N–H and O–H groups in total. The summed E-state index contributed by atoms with van der Waals surface area (Å²) in [5.41, 5.74) is 5.53. The molecule has 7 nitrogen and oxygen atoms in total. The predicted molar refractivity (Wildman–Crippen MR) is 177 cm³/mol. The highest BCUT2D eigenvalue weighted by Gasteiger charge is 2.50. The summed E-state index contributed by atoms with van der Waals surface area (Å²) in [6.45, 7) is 3.03. The summed E-state index contributed by atoms with van der Waals surface area (Å²) < 4.78 is 50.8. The molecule has 1 aliphatic rings. The lowest BCUT2D eigenvalue weighted by Gasteiger charge is -2.45. The highest BCUT2D eigenvalue weighted by molar-refractivity contribution is 6.12. The number of amides is 1. The molecular weight excluding hydrogens is 619 g/mol. The quantitative estimate of drug-likeness (QED) is 0.143. The van der Waals surface area contributed by atoms with Gasteiger partial charge < -0.3 is 14.5 Å². The third-order valence-corrected chi connectivity index (χ3v) is 9.23. The van der Waals surface area contributed by atoms with Gasteiger partial charge in [-0.3, -0.25) is 9.59 Å². The number of furan rings is 1. The Kier molecular flexibility index (Phi) is 9.20. The van der Waals surface area contributed by atoms with Crippen LogP contribution in [-0.4, -0.2) is 41.4 Å². The van der Waals surface area contributed by atoms with E-state index in [1.54, 1.807) is 37.6 Å². The number of nitrogens with one attached hydrogen (secondary N) is 1. The van der Waals surface area contributed by atoms with Crippen molar-refractivity contribution in [2.45, 2.75) is 71.0 Å². The van der Waals surface area contributed by atoms with Gasteiger partial charge in [-0.25, -0.2) is 14.4 Å². The molecule has 248 valence electrons. The van der Waals surface area contributed by atoms with Crippen molar-refractivity contribution in [1.82, 2.24) is 15.3 Å². The minimum Gasteiger partial charge on any atom is -0.455 e. The van der Waals surface area contributed by atoms with E-state index in [4.69, 9.17) is 9.15 Å². The number of carbonyl (C=O) groups excluding carboxylic acids is 2. The predicted octanol–water partition coefficient (Wildman–Crippen LogP) is 8.54. The van der Waals surface area contributed by atoms with E-state index in [0.29, 0.717) is 45.7 Å². The standard InChI is InChI=1S/C38H36F3N3O4/c1-5-7-24-15-32-30(33(35(46)42-4)34(48-32)23-8-10-25(39)11-9-23)17-29(24)27-16-28(22(3)14-21(27)2)31(45)20-38(36-43-12-6-13-44-36)18-26(19-38)47-37(40)41/h6,8-17,26,37H,5,7,18-20H2,1-4H3,(H,42,46). The van der Waals surface area contributed by atoms with Crippen molar-refractivity contribution >= 4 is 22.7 Å². The molecule has 2 heterocycles. The van der Waals surface area contributed by atoms with Gasteiger partial charge in [-0.15, -0.1) is 0 Å². The number of carbonyl (C=O) groups is 2. The fourth-order valence-corrected chi connectivity index (χ4v) is 6.94. The van der Waals surface area contributed by atoms with Crippen molar-refractivity contribution in [3.8, 4) is 22.5 Å². The SMILES string of the molecule is CCCc1cc2oc(-c3ccc(F)cc3)c(C(=O)NC)c2cc1-c1cc(C(=O)CC2(c3ncccn3)CC(OC(F)F)C2)c(C)cc1C. The monoisotopic (exact) mass is 655 g/mol. The zero-order chi connectivity index (χ0) is 34.2. The summed E-state index contributed by atoms with van der Waals surface area (Å²) in [5.74, 6) is -0.121. The van der Waals surface area contributed by atoms with Crippen molar-refractivity contribution in [1.29, 1.82) is 0 Å². The molecule has 0 saturated heterocycles. The lowest BCUT2D eigenvalue weighted by Crippen LogP contribution is -2.49. The molecule has 10 heteroatoms. The minimum absolute atomic E-state index is 0.0356. The first-order valence-electron chi connectivity index (χ1n) is 16.0. The van der Waals surface area contributed by atoms with Crippen LogP contribution in [0.2, 0.25) is 0 Å². The Morgan fingerprint density at radius 3 is 2.38 bits per heavy atom. The van der Waals surface area contributed by atoms with Crippen LogP contribution in [0.5, 0.6) is 0 Å². The fraction of sp³-hybridized carbons (Fsp3) is 0.316. The second-order valence-corrected chi connectivity index (χ2v) is 12.5. The van der Waals surface area contributed by atoms with E-state index < -0.39 is 23.9 Å². The molecule has 0 unspecified atom stereocenters. The van der Waals surface area contributed by atoms with E-state index >= 15 is 0 Å². The lowest BCUT2D eigenvalue weighted by molar-refractivity contribution is -0.196. The van der Waals surface area contributed by atoms with Crippen LogP contribution < -0.4 is 5.32 Å². The number of fused-ring (bicyclic) bond motifs is 1. The molecule has 1 saturated carbocycles. The van der Waals surface area contributed by atoms with Crippen LogP contribution in [0.4, 0.5) is 13.2 Å². The maximum atomic E-state index is 14.1. The van der Waals surface area contributed by atoms with Gasteiger partial charge in [-0.2, -0.15) is 8.78 Å². The first kappa shape index (κ1) is 33.1. The zero-order valence-electron chi connectivity index (χ0n) is 27.2. The largest absolute Gasteiger partial charge is 0.455 e. The molecule has 6 rings (SSSR count). The van der Waals surface area contributed by atoms with Gasteiger partial charge in [-0.1, -0.05) is 19.4 Å². The number of rotatable bonds is 11. The van der Waals surface area contributed by atoms with E-state index in [-0.39, 0.29) is 31.0 Å². The number of benzene rings is 3. The molecular formula is C38H36F3N3O4. The van der Waals surface area contributed by atoms with Crippen LogP contribution in [-0.2, 0) is 16.6 Å². The van der Waals surface area contributed by atoms with Crippen LogP contribution in [0.1, 0.15) is 75.8 Å². The molecule has 2 aromatic heterocycles. The summed E-state index contributed by atoms with van der Waals surface area (Å²) in [5, 5.41) is 3.30. The second kappa shape index (κ2) is 13.4. The van der Waals surface area contributed by atoms with Gasteiger partial charge in [0.25, 0.3) is 5.91 Å². The molecule has 1 fully saturated rings. The number of alkyl halides is 2. The number of nitrogens with zero attached hydrogens (tertiary/aromatic N) is 2. The Hall–Kier alpha value is -4.83. The van der Waals surface area contributed by atoms with Crippen molar-refractivity contribution < 1.29 is 31.9 Å². The van der Waals surface area contributed by atoms with Crippen LogP contribution in [0.25, 0.3) is 33.4 Å². The van der Waals surface area contributed by atoms with Gasteiger partial charge in [0.2, 0.25) is 0 Å². The summed E-state index contributed by atoms with van der Waals surface area (Å²) in [6.07, 6.45) is 4.48. The first-order chi connectivity index (χ1) is 23.0. The molecule has 1 aliphatic carbocycles. The third-order valence-electron chi connectivity index (χ3n) is 9.23.